The van der Waals surface area contributed by atoms with Crippen molar-refractivity contribution in [3.63, 3.8) is 0 Å². The minimum absolute atomic E-state index is 0.150. The van der Waals surface area contributed by atoms with Crippen LogP contribution >= 0.6 is 11.6 Å². The molecule has 0 aromatic heterocycles. The third-order valence-electron chi connectivity index (χ3n) is 2.76. The Morgan fingerprint density at radius 3 is 2.75 bits per heavy atom. The predicted octanol–water partition coefficient (Wildman–Crippen LogP) is 2.77. The molecule has 0 radical (unpaired) electrons. The van der Waals surface area contributed by atoms with Gasteiger partial charge in [0.05, 0.1) is 13.7 Å². The quantitative estimate of drug-likeness (QED) is 0.751. The van der Waals surface area contributed by atoms with E-state index in [9.17, 15) is 4.79 Å². The Bertz CT molecular complexity index is 435. The number of hydrogen-bond acceptors (Lipinski definition) is 3. The van der Waals surface area contributed by atoms with E-state index in [0.717, 1.165) is 29.9 Å². The maximum atomic E-state index is 11.4. The third-order valence-corrected chi connectivity index (χ3v) is 2.96. The number of halogens is 1. The van der Waals surface area contributed by atoms with E-state index in [1.807, 2.05) is 18.2 Å². The van der Waals surface area contributed by atoms with E-state index < -0.39 is 5.38 Å². The molecule has 0 aliphatic rings. The zero-order valence-electron chi connectivity index (χ0n) is 12.2. The minimum atomic E-state index is -0.505. The van der Waals surface area contributed by atoms with E-state index in [4.69, 9.17) is 21.1 Å². The summed E-state index contributed by atoms with van der Waals surface area (Å²) in [6.45, 7) is 4.91. The van der Waals surface area contributed by atoms with Crippen LogP contribution in [0.1, 0.15) is 25.8 Å². The highest BCUT2D eigenvalue weighted by atomic mass is 35.5. The molecule has 1 atom stereocenters. The molecule has 0 bridgehead atoms. The maximum Gasteiger partial charge on any atom is 0.237 e. The first-order valence-corrected chi connectivity index (χ1v) is 7.23. The normalized spacial score (nSPS) is 11.8. The van der Waals surface area contributed by atoms with E-state index in [-0.39, 0.29) is 5.91 Å². The number of methoxy groups -OCH3 is 1. The summed E-state index contributed by atoms with van der Waals surface area (Å²) in [6, 6.07) is 5.80. The van der Waals surface area contributed by atoms with E-state index in [1.54, 1.807) is 14.0 Å². The monoisotopic (exact) mass is 299 g/mol. The summed E-state index contributed by atoms with van der Waals surface area (Å²) in [5.74, 6) is 1.31. The molecule has 0 saturated heterocycles. The van der Waals surface area contributed by atoms with Gasteiger partial charge in [-0.1, -0.05) is 13.0 Å². The smallest absolute Gasteiger partial charge is 0.237 e. The van der Waals surface area contributed by atoms with Gasteiger partial charge >= 0.3 is 0 Å². The molecule has 0 aliphatic carbocycles. The van der Waals surface area contributed by atoms with Gasteiger partial charge in [0.1, 0.15) is 5.38 Å². The second-order valence-electron chi connectivity index (χ2n) is 4.49. The van der Waals surface area contributed by atoms with Gasteiger partial charge < -0.3 is 14.8 Å². The molecule has 1 amide bonds. The van der Waals surface area contributed by atoms with E-state index in [0.29, 0.717) is 13.2 Å². The van der Waals surface area contributed by atoms with Crippen molar-refractivity contribution >= 4 is 17.5 Å². The van der Waals surface area contributed by atoms with Crippen LogP contribution in [0.4, 0.5) is 0 Å². The predicted molar refractivity (Wildman–Crippen MR) is 80.8 cm³/mol. The molecule has 0 spiro atoms. The van der Waals surface area contributed by atoms with Crippen LogP contribution in [-0.4, -0.2) is 31.5 Å². The topological polar surface area (TPSA) is 47.6 Å². The summed E-state index contributed by atoms with van der Waals surface area (Å²) >= 11 is 5.68. The molecule has 1 rings (SSSR count). The molecular weight excluding hydrogens is 278 g/mol. The Labute approximate surface area is 125 Å². The third kappa shape index (κ3) is 5.29. The van der Waals surface area contributed by atoms with E-state index >= 15 is 0 Å². The SMILES string of the molecule is CCCOc1cc(CCNC(=O)C(C)Cl)ccc1OC. The van der Waals surface area contributed by atoms with Crippen molar-refractivity contribution in [2.24, 2.45) is 0 Å². The zero-order valence-corrected chi connectivity index (χ0v) is 13.0. The first-order chi connectivity index (χ1) is 9.58. The van der Waals surface area contributed by atoms with Gasteiger partial charge in [0.15, 0.2) is 11.5 Å². The number of carbonyl (C=O) groups is 1. The fourth-order valence-corrected chi connectivity index (χ4v) is 1.75. The molecule has 0 heterocycles. The van der Waals surface area contributed by atoms with Gasteiger partial charge in [-0.2, -0.15) is 0 Å². The van der Waals surface area contributed by atoms with Crippen LogP contribution in [0.2, 0.25) is 0 Å². The standard InChI is InChI=1S/C15H22ClNO3/c1-4-9-20-14-10-12(5-6-13(14)19-3)7-8-17-15(18)11(2)16/h5-6,10-11H,4,7-9H2,1-3H3,(H,17,18). The van der Waals surface area contributed by atoms with Crippen LogP contribution in [0.5, 0.6) is 11.5 Å². The molecule has 0 saturated carbocycles. The van der Waals surface area contributed by atoms with Gasteiger partial charge in [-0.25, -0.2) is 0 Å². The van der Waals surface area contributed by atoms with Crippen molar-refractivity contribution in [3.05, 3.63) is 23.8 Å². The lowest BCUT2D eigenvalue weighted by Crippen LogP contribution is -2.31. The van der Waals surface area contributed by atoms with Crippen molar-refractivity contribution in [3.8, 4) is 11.5 Å². The number of nitrogens with one attached hydrogen (secondary N) is 1. The van der Waals surface area contributed by atoms with Crippen molar-refractivity contribution in [1.82, 2.24) is 5.32 Å². The van der Waals surface area contributed by atoms with Crippen molar-refractivity contribution in [1.29, 1.82) is 0 Å². The summed E-state index contributed by atoms with van der Waals surface area (Å²) in [7, 11) is 1.62. The van der Waals surface area contributed by atoms with Gasteiger partial charge in [0.25, 0.3) is 0 Å². The van der Waals surface area contributed by atoms with E-state index in [2.05, 4.69) is 12.2 Å². The summed E-state index contributed by atoms with van der Waals surface area (Å²) in [5.41, 5.74) is 1.08. The van der Waals surface area contributed by atoms with Crippen molar-refractivity contribution in [2.75, 3.05) is 20.3 Å². The van der Waals surface area contributed by atoms with Crippen LogP contribution in [0.15, 0.2) is 18.2 Å². The van der Waals surface area contributed by atoms with Crippen LogP contribution < -0.4 is 14.8 Å². The Morgan fingerprint density at radius 1 is 1.40 bits per heavy atom. The molecule has 20 heavy (non-hydrogen) atoms. The van der Waals surface area contributed by atoms with E-state index in [1.165, 1.54) is 0 Å². The van der Waals surface area contributed by atoms with Gasteiger partial charge in [-0.05, 0) is 37.5 Å². The number of ether oxygens (including phenoxy) is 2. The molecule has 1 unspecified atom stereocenters. The summed E-state index contributed by atoms with van der Waals surface area (Å²) in [6.07, 6.45) is 1.67. The molecular formula is C15H22ClNO3. The number of benzene rings is 1. The molecule has 0 aliphatic heterocycles. The Morgan fingerprint density at radius 2 is 2.15 bits per heavy atom. The number of hydrogen-bond donors (Lipinski definition) is 1. The maximum absolute atomic E-state index is 11.4. The lowest BCUT2D eigenvalue weighted by atomic mass is 10.1. The highest BCUT2D eigenvalue weighted by molar-refractivity contribution is 6.30. The summed E-state index contributed by atoms with van der Waals surface area (Å²) < 4.78 is 10.9. The second kappa shape index (κ2) is 8.69. The number of amides is 1. The molecule has 112 valence electrons. The van der Waals surface area contributed by atoms with Gasteiger partial charge in [-0.3, -0.25) is 4.79 Å². The highest BCUT2D eigenvalue weighted by Gasteiger charge is 2.09. The van der Waals surface area contributed by atoms with Crippen LogP contribution in [0.3, 0.4) is 0 Å². The van der Waals surface area contributed by atoms with Crippen LogP contribution in [0.25, 0.3) is 0 Å². The lowest BCUT2D eigenvalue weighted by molar-refractivity contribution is -0.120. The van der Waals surface area contributed by atoms with Crippen LogP contribution in [-0.2, 0) is 11.2 Å². The average Bonchev–Trinajstić information content (AvgIpc) is 2.45. The van der Waals surface area contributed by atoms with Crippen molar-refractivity contribution < 1.29 is 14.3 Å². The van der Waals surface area contributed by atoms with Gasteiger partial charge in [0, 0.05) is 6.54 Å². The highest BCUT2D eigenvalue weighted by Crippen LogP contribution is 2.28. The summed E-state index contributed by atoms with van der Waals surface area (Å²) in [5, 5.41) is 2.27. The Balaban J connectivity index is 2.59. The average molecular weight is 300 g/mol. The minimum Gasteiger partial charge on any atom is -0.493 e. The molecule has 1 aromatic carbocycles. The Hall–Kier alpha value is -1.42. The largest absolute Gasteiger partial charge is 0.493 e. The van der Waals surface area contributed by atoms with Crippen LogP contribution in [0, 0.1) is 0 Å². The van der Waals surface area contributed by atoms with Gasteiger partial charge in [0.2, 0.25) is 5.91 Å². The Kier molecular flexibility index (Phi) is 7.23. The summed E-state index contributed by atoms with van der Waals surface area (Å²) in [4.78, 5) is 11.4. The lowest BCUT2D eigenvalue weighted by Gasteiger charge is -2.12. The fraction of sp³-hybridized carbons (Fsp3) is 0.533. The first-order valence-electron chi connectivity index (χ1n) is 6.80. The molecule has 5 heteroatoms. The molecule has 4 nitrogen and oxygen atoms in total. The zero-order chi connectivity index (χ0) is 15.0. The second-order valence-corrected chi connectivity index (χ2v) is 5.15. The first kappa shape index (κ1) is 16.6. The van der Waals surface area contributed by atoms with Gasteiger partial charge in [-0.15, -0.1) is 11.6 Å². The molecule has 1 N–H and O–H groups in total. The number of rotatable bonds is 8. The number of alkyl halides is 1. The van der Waals surface area contributed by atoms with Crippen molar-refractivity contribution in [2.45, 2.75) is 32.1 Å². The molecule has 1 aromatic rings. The fourth-order valence-electron chi connectivity index (χ4n) is 1.67. The molecule has 0 fully saturated rings. The number of carbonyl (C=O) groups excluding carboxylic acids is 1.